The maximum Gasteiger partial charge on any atom is 0.229 e. The van der Waals surface area contributed by atoms with Gasteiger partial charge in [0.15, 0.2) is 23.0 Å². The van der Waals surface area contributed by atoms with Crippen LogP contribution in [-0.4, -0.2) is 91.6 Å². The Morgan fingerprint density at radius 3 is 2.26 bits per heavy atom. The van der Waals surface area contributed by atoms with Gasteiger partial charge in [-0.05, 0) is 83.5 Å². The van der Waals surface area contributed by atoms with Crippen LogP contribution in [0.4, 0.5) is 0 Å². The van der Waals surface area contributed by atoms with Crippen molar-refractivity contribution in [2.75, 3.05) is 20.3 Å². The fourth-order valence-corrected chi connectivity index (χ4v) is 6.47. The number of hydrogen-bond acceptors (Lipinski definition) is 11. The van der Waals surface area contributed by atoms with E-state index in [1.54, 1.807) is 30.3 Å². The molecule has 0 spiro atoms. The summed E-state index contributed by atoms with van der Waals surface area (Å²) < 4.78 is 16.8. The predicted molar refractivity (Wildman–Crippen MR) is 149 cm³/mol. The Balaban J connectivity index is 1.39. The molecule has 3 aromatic carbocycles. The highest BCUT2D eigenvalue weighted by Crippen LogP contribution is 2.49. The van der Waals surface area contributed by atoms with Gasteiger partial charge in [0.25, 0.3) is 0 Å². The Hall–Kier alpha value is -3.58. The average molecular weight is 582 g/mol. The lowest BCUT2D eigenvalue weighted by molar-refractivity contribution is -0.277. The molecule has 0 aromatic heterocycles. The fraction of sp³-hybridized carbons (Fsp3) is 0.419. The van der Waals surface area contributed by atoms with Crippen molar-refractivity contribution in [2.45, 2.75) is 62.1 Å². The second-order valence-corrected chi connectivity index (χ2v) is 11.2. The summed E-state index contributed by atoms with van der Waals surface area (Å²) in [6.07, 6.45) is -5.52. The number of phenolic OH excluding ortho intramolecular Hbond substituents is 3. The summed E-state index contributed by atoms with van der Waals surface area (Å²) in [4.78, 5) is 2.38. The minimum absolute atomic E-state index is 0.0243. The van der Waals surface area contributed by atoms with Gasteiger partial charge >= 0.3 is 0 Å². The van der Waals surface area contributed by atoms with Crippen molar-refractivity contribution in [3.05, 3.63) is 76.3 Å². The molecule has 0 radical (unpaired) electrons. The van der Waals surface area contributed by atoms with Crippen molar-refractivity contribution in [2.24, 2.45) is 0 Å². The van der Waals surface area contributed by atoms with Crippen LogP contribution in [0.5, 0.6) is 28.7 Å². The molecule has 1 saturated heterocycles. The van der Waals surface area contributed by atoms with Crippen molar-refractivity contribution in [3.63, 3.8) is 0 Å². The number of hydrogen-bond donors (Lipinski definition) is 7. The number of methoxy groups -OCH3 is 1. The van der Waals surface area contributed by atoms with E-state index in [2.05, 4.69) is 4.90 Å². The van der Waals surface area contributed by atoms with E-state index in [9.17, 15) is 35.7 Å². The van der Waals surface area contributed by atoms with Gasteiger partial charge in [0, 0.05) is 18.6 Å². The first-order chi connectivity index (χ1) is 20.2. The second kappa shape index (κ2) is 11.3. The van der Waals surface area contributed by atoms with Crippen molar-refractivity contribution in [1.82, 2.24) is 4.90 Å². The fourth-order valence-electron chi connectivity index (χ4n) is 6.47. The molecule has 3 aromatic rings. The van der Waals surface area contributed by atoms with Crippen molar-refractivity contribution in [3.8, 4) is 28.7 Å². The Labute approximate surface area is 242 Å². The van der Waals surface area contributed by atoms with E-state index in [1.807, 2.05) is 18.2 Å². The number of aromatic hydroxyl groups is 3. The van der Waals surface area contributed by atoms with E-state index in [0.717, 1.165) is 27.8 Å². The zero-order valence-electron chi connectivity index (χ0n) is 23.0. The quantitative estimate of drug-likeness (QED) is 0.225. The lowest BCUT2D eigenvalue weighted by Crippen LogP contribution is -2.60. The number of phenols is 3. The summed E-state index contributed by atoms with van der Waals surface area (Å²) in [6.45, 7) is 0.103. The number of aliphatic hydroxyl groups excluding tert-OH is 4. The van der Waals surface area contributed by atoms with Crippen molar-refractivity contribution < 1.29 is 50.0 Å². The van der Waals surface area contributed by atoms with Crippen LogP contribution < -0.4 is 9.47 Å². The van der Waals surface area contributed by atoms with Crippen molar-refractivity contribution in [1.29, 1.82) is 0 Å². The molecule has 1 fully saturated rings. The van der Waals surface area contributed by atoms with E-state index >= 15 is 0 Å². The standard InChI is InChI=1S/C31H35NO10/c1-40-25-12-19-16(10-23(25)35)6-7-32-21(8-15-2-4-18(34)5-3-15)20-13-26(24(36)11-17(20)9-22(19)32)41-31-30(39)29(38)28(37)27(14-33)42-31/h2-5,10-13,21-22,27-31,33-39H,6-9,14H2,1H3/t21?,22?,27-,28-,29+,30-,31-/m1/s1. The van der Waals surface area contributed by atoms with Crippen LogP contribution in [0.25, 0.3) is 0 Å². The summed E-state index contributed by atoms with van der Waals surface area (Å²) in [6, 6.07) is 13.7. The molecule has 6 rings (SSSR count). The number of aliphatic hydroxyl groups is 4. The Kier molecular flexibility index (Phi) is 7.64. The van der Waals surface area contributed by atoms with Crippen LogP contribution in [0.2, 0.25) is 0 Å². The molecule has 0 saturated carbocycles. The topological polar surface area (TPSA) is 173 Å². The number of rotatable bonds is 6. The SMILES string of the molecule is COc1cc2c(cc1O)CCN1C(Cc3ccc(O)cc3)c3cc(O[C@@H]4O[C@H](CO)[C@@H](O)[C@H](O)[C@H]4O)c(O)cc3CC21. The molecule has 0 bridgehead atoms. The van der Waals surface area contributed by atoms with Gasteiger partial charge in [0.1, 0.15) is 30.2 Å². The van der Waals surface area contributed by atoms with E-state index in [0.29, 0.717) is 31.6 Å². The van der Waals surface area contributed by atoms with Crippen LogP contribution in [-0.2, 0) is 24.0 Å². The van der Waals surface area contributed by atoms with E-state index < -0.39 is 37.3 Å². The van der Waals surface area contributed by atoms with E-state index in [4.69, 9.17) is 14.2 Å². The number of ether oxygens (including phenoxy) is 3. The third kappa shape index (κ3) is 5.02. The largest absolute Gasteiger partial charge is 0.508 e. The number of fused-ring (bicyclic) bond motifs is 4. The first-order valence-corrected chi connectivity index (χ1v) is 13.9. The molecule has 7 atom stereocenters. The Morgan fingerprint density at radius 1 is 0.857 bits per heavy atom. The maximum absolute atomic E-state index is 11.0. The minimum atomic E-state index is -1.62. The van der Waals surface area contributed by atoms with Crippen LogP contribution in [0, 0.1) is 0 Å². The predicted octanol–water partition coefficient (Wildman–Crippen LogP) is 1.43. The Bertz CT molecular complexity index is 1440. The molecular weight excluding hydrogens is 546 g/mol. The van der Waals surface area contributed by atoms with Crippen molar-refractivity contribution >= 4 is 0 Å². The highest BCUT2D eigenvalue weighted by atomic mass is 16.7. The smallest absolute Gasteiger partial charge is 0.229 e. The molecule has 0 aliphatic carbocycles. The summed E-state index contributed by atoms with van der Waals surface area (Å²) in [7, 11) is 1.51. The summed E-state index contributed by atoms with van der Waals surface area (Å²) >= 11 is 0. The molecule has 0 amide bonds. The zero-order valence-corrected chi connectivity index (χ0v) is 23.0. The van der Waals surface area contributed by atoms with Gasteiger partial charge in [-0.25, -0.2) is 0 Å². The van der Waals surface area contributed by atoms with Crippen LogP contribution in [0.15, 0.2) is 48.5 Å². The van der Waals surface area contributed by atoms with Gasteiger partial charge in [-0.3, -0.25) is 4.90 Å². The first-order valence-electron chi connectivity index (χ1n) is 13.9. The normalized spacial score (nSPS) is 28.8. The van der Waals surface area contributed by atoms with E-state index in [-0.39, 0.29) is 35.1 Å². The van der Waals surface area contributed by atoms with Gasteiger partial charge in [0.05, 0.1) is 13.7 Å². The Morgan fingerprint density at radius 2 is 1.55 bits per heavy atom. The maximum atomic E-state index is 11.0. The molecule has 2 unspecified atom stereocenters. The van der Waals surface area contributed by atoms with Gasteiger partial charge in [-0.15, -0.1) is 0 Å². The van der Waals surface area contributed by atoms with Gasteiger partial charge in [0.2, 0.25) is 6.29 Å². The van der Waals surface area contributed by atoms with Gasteiger partial charge in [-0.1, -0.05) is 12.1 Å². The average Bonchev–Trinajstić information content (AvgIpc) is 2.98. The van der Waals surface area contributed by atoms with Crippen LogP contribution in [0.1, 0.15) is 39.9 Å². The zero-order chi connectivity index (χ0) is 29.7. The first kappa shape index (κ1) is 28.5. The molecule has 224 valence electrons. The molecule has 7 N–H and O–H groups in total. The molecule has 3 aliphatic heterocycles. The van der Waals surface area contributed by atoms with Crippen LogP contribution >= 0.6 is 0 Å². The van der Waals surface area contributed by atoms with E-state index in [1.165, 1.54) is 7.11 Å². The highest BCUT2D eigenvalue weighted by Gasteiger charge is 2.45. The van der Waals surface area contributed by atoms with Gasteiger partial charge < -0.3 is 50.0 Å². The molecule has 3 heterocycles. The third-order valence-electron chi connectivity index (χ3n) is 8.69. The lowest BCUT2D eigenvalue weighted by atomic mass is 9.79. The molecule has 11 nitrogen and oxygen atoms in total. The van der Waals surface area contributed by atoms with Crippen LogP contribution in [0.3, 0.4) is 0 Å². The number of benzene rings is 3. The summed E-state index contributed by atoms with van der Waals surface area (Å²) in [5.41, 5.74) is 4.85. The third-order valence-corrected chi connectivity index (χ3v) is 8.69. The molecule has 3 aliphatic rings. The second-order valence-electron chi connectivity index (χ2n) is 11.2. The molecule has 11 heteroatoms. The monoisotopic (exact) mass is 581 g/mol. The highest BCUT2D eigenvalue weighted by molar-refractivity contribution is 5.53. The molecule has 42 heavy (non-hydrogen) atoms. The summed E-state index contributed by atoms with van der Waals surface area (Å²) in [5.74, 6) is 0.481. The number of nitrogens with zero attached hydrogens (tertiary/aromatic N) is 1. The minimum Gasteiger partial charge on any atom is -0.508 e. The van der Waals surface area contributed by atoms with Gasteiger partial charge in [-0.2, -0.15) is 0 Å². The summed E-state index contributed by atoms with van der Waals surface area (Å²) in [5, 5.41) is 71.7. The molecular formula is C31H35NO10. The lowest BCUT2D eigenvalue weighted by Gasteiger charge is -2.47.